The first-order valence-electron chi connectivity index (χ1n) is 13.2. The van der Waals surface area contributed by atoms with E-state index in [-0.39, 0.29) is 18.8 Å². The number of fused-ring (bicyclic) bond motifs is 3. The molecule has 1 aliphatic heterocycles. The molecule has 5 rings (SSSR count). The summed E-state index contributed by atoms with van der Waals surface area (Å²) in [6, 6.07) is 8.90. The highest BCUT2D eigenvalue weighted by molar-refractivity contribution is 5.89. The van der Waals surface area contributed by atoms with Crippen LogP contribution in [0.5, 0.6) is 0 Å². The first-order valence-corrected chi connectivity index (χ1v) is 13.2. The highest BCUT2D eigenvalue weighted by Gasteiger charge is 2.72. The average Bonchev–Trinajstić information content (AvgIpc) is 3.18. The fraction of sp³-hybridized carbons (Fsp3) is 0.655. The van der Waals surface area contributed by atoms with Crippen molar-refractivity contribution in [3.63, 3.8) is 0 Å². The summed E-state index contributed by atoms with van der Waals surface area (Å²) in [4.78, 5) is 26.0. The highest BCUT2D eigenvalue weighted by atomic mass is 16.8. The van der Waals surface area contributed by atoms with Gasteiger partial charge in [0.05, 0.1) is 17.8 Å². The maximum Gasteiger partial charge on any atom is 0.509 e. The van der Waals surface area contributed by atoms with E-state index in [0.717, 1.165) is 5.57 Å². The number of benzene rings is 1. The predicted octanol–water partition coefficient (Wildman–Crippen LogP) is 4.65. The number of esters is 1. The van der Waals surface area contributed by atoms with Crippen LogP contribution in [0.15, 0.2) is 42.0 Å². The van der Waals surface area contributed by atoms with Gasteiger partial charge in [0.1, 0.15) is 12.9 Å². The molecule has 1 aromatic carbocycles. The van der Waals surface area contributed by atoms with E-state index in [2.05, 4.69) is 19.9 Å². The molecule has 3 fully saturated rings. The first-order chi connectivity index (χ1) is 17.5. The lowest BCUT2D eigenvalue weighted by Gasteiger charge is -2.61. The summed E-state index contributed by atoms with van der Waals surface area (Å²) in [5.74, 6) is -1.08. The Bertz CT molecular complexity index is 1070. The van der Waals surface area contributed by atoms with Gasteiger partial charge in [-0.1, -0.05) is 50.6 Å². The van der Waals surface area contributed by atoms with Crippen molar-refractivity contribution in [1.29, 1.82) is 0 Å². The van der Waals surface area contributed by atoms with E-state index >= 15 is 0 Å². The number of methoxy groups -OCH3 is 1. The van der Waals surface area contributed by atoms with Gasteiger partial charge in [0, 0.05) is 36.2 Å². The van der Waals surface area contributed by atoms with Gasteiger partial charge in [0.15, 0.2) is 11.7 Å². The normalized spacial score (nSPS) is 40.2. The number of carbonyl (C=O) groups excluding carboxylic acids is 2. The van der Waals surface area contributed by atoms with E-state index in [4.69, 9.17) is 23.7 Å². The number of hydrogen-bond acceptors (Lipinski definition) is 8. The van der Waals surface area contributed by atoms with Crippen LogP contribution in [-0.4, -0.2) is 61.2 Å². The van der Waals surface area contributed by atoms with Crippen molar-refractivity contribution >= 4 is 12.1 Å². The van der Waals surface area contributed by atoms with Gasteiger partial charge in [-0.3, -0.25) is 0 Å². The molecular formula is C29H38O8. The molecule has 1 saturated heterocycles. The minimum absolute atomic E-state index is 0.0772. The maximum absolute atomic E-state index is 13.2. The highest BCUT2D eigenvalue weighted by Crippen LogP contribution is 2.64. The van der Waals surface area contributed by atoms with Gasteiger partial charge < -0.3 is 28.8 Å². The number of ether oxygens (including phenoxy) is 5. The molecule has 0 aromatic heterocycles. The van der Waals surface area contributed by atoms with Gasteiger partial charge in [0.2, 0.25) is 0 Å². The fourth-order valence-electron chi connectivity index (χ4n) is 7.92. The lowest BCUT2D eigenvalue weighted by Crippen LogP contribution is -2.69. The van der Waals surface area contributed by atoms with Crippen molar-refractivity contribution in [2.75, 3.05) is 13.9 Å². The molecule has 37 heavy (non-hydrogen) atoms. The summed E-state index contributed by atoms with van der Waals surface area (Å²) in [5, 5.41) is 11.8. The zero-order chi connectivity index (χ0) is 26.6. The molecule has 0 radical (unpaired) electrons. The molecule has 0 amide bonds. The Hall–Kier alpha value is -2.42. The van der Waals surface area contributed by atoms with Gasteiger partial charge >= 0.3 is 12.1 Å². The molecule has 1 spiro atoms. The van der Waals surface area contributed by atoms with Crippen LogP contribution in [0.2, 0.25) is 0 Å². The van der Waals surface area contributed by atoms with E-state index < -0.39 is 52.8 Å². The van der Waals surface area contributed by atoms with Crippen LogP contribution in [-0.2, 0) is 23.7 Å². The Labute approximate surface area is 218 Å². The molecule has 8 heteroatoms. The number of aliphatic hydroxyl groups is 1. The zero-order valence-corrected chi connectivity index (χ0v) is 22.3. The number of carbonyl (C=O) groups is 2. The van der Waals surface area contributed by atoms with Crippen molar-refractivity contribution in [3.05, 3.63) is 47.5 Å². The second-order valence-electron chi connectivity index (χ2n) is 11.9. The van der Waals surface area contributed by atoms with Crippen LogP contribution in [0, 0.1) is 22.7 Å². The maximum atomic E-state index is 13.2. The van der Waals surface area contributed by atoms with Crippen LogP contribution in [0.25, 0.3) is 0 Å². The number of hydrogen-bond donors (Lipinski definition) is 1. The average molecular weight is 515 g/mol. The summed E-state index contributed by atoms with van der Waals surface area (Å²) in [6.07, 6.45) is 1.03. The monoisotopic (exact) mass is 514 g/mol. The van der Waals surface area contributed by atoms with E-state index in [1.165, 1.54) is 0 Å². The van der Waals surface area contributed by atoms with Crippen LogP contribution in [0.3, 0.4) is 0 Å². The molecule has 8 nitrogen and oxygen atoms in total. The molecule has 1 N–H and O–H groups in total. The van der Waals surface area contributed by atoms with Gasteiger partial charge in [-0.15, -0.1) is 0 Å². The SMILES string of the molecule is COCO[C@H]1CC[C@@H](OC(=O)c2ccccc2)[C@@]2(C)CC(O)[C@H]3C(C)=CC[C@]4(OC(=O)O[C@H]4[C@H]12)C3(C)C. The minimum atomic E-state index is -0.998. The van der Waals surface area contributed by atoms with Crippen LogP contribution < -0.4 is 0 Å². The third-order valence-corrected chi connectivity index (χ3v) is 9.66. The van der Waals surface area contributed by atoms with E-state index in [9.17, 15) is 14.7 Å². The van der Waals surface area contributed by atoms with E-state index in [1.54, 1.807) is 31.4 Å². The lowest BCUT2D eigenvalue weighted by molar-refractivity contribution is -0.235. The standard InChI is InChI=1S/C29H38O8/c1-17-13-14-29-24(36-26(32)37-29)23-20(34-16-33-5)11-12-21(35-25(31)18-9-7-6-8-10-18)28(23,4)15-19(30)22(17)27(29,2)3/h6-10,13,19-24,30H,11-12,14-16H2,1-5H3/t19?,20-,21+,22+,23-,24-,28+,29+/m0/s1. The topological polar surface area (TPSA) is 101 Å². The Morgan fingerprint density at radius 2 is 1.89 bits per heavy atom. The van der Waals surface area contributed by atoms with Crippen molar-refractivity contribution in [1.82, 2.24) is 0 Å². The second kappa shape index (κ2) is 9.40. The van der Waals surface area contributed by atoms with Gasteiger partial charge in [-0.05, 0) is 38.3 Å². The second-order valence-corrected chi connectivity index (χ2v) is 11.9. The van der Waals surface area contributed by atoms with Crippen LogP contribution in [0.1, 0.15) is 63.7 Å². The smallest absolute Gasteiger partial charge is 0.458 e. The molecular weight excluding hydrogens is 476 g/mol. The molecule has 1 unspecified atom stereocenters. The molecule has 202 valence electrons. The Balaban J connectivity index is 1.62. The molecule has 3 aliphatic carbocycles. The molecule has 2 saturated carbocycles. The summed E-state index contributed by atoms with van der Waals surface area (Å²) in [6.45, 7) is 8.23. The Morgan fingerprint density at radius 1 is 1.16 bits per heavy atom. The third-order valence-electron chi connectivity index (χ3n) is 9.66. The first kappa shape index (κ1) is 26.2. The summed E-state index contributed by atoms with van der Waals surface area (Å²) >= 11 is 0. The predicted molar refractivity (Wildman–Crippen MR) is 134 cm³/mol. The quantitative estimate of drug-likeness (QED) is 0.344. The Morgan fingerprint density at radius 3 is 2.59 bits per heavy atom. The zero-order valence-electron chi connectivity index (χ0n) is 22.3. The molecule has 1 aromatic rings. The van der Waals surface area contributed by atoms with Crippen molar-refractivity contribution in [2.24, 2.45) is 22.7 Å². The van der Waals surface area contributed by atoms with Gasteiger partial charge in [-0.2, -0.15) is 0 Å². The summed E-state index contributed by atoms with van der Waals surface area (Å²) in [7, 11) is 1.57. The summed E-state index contributed by atoms with van der Waals surface area (Å²) in [5.41, 5.74) is -0.843. The van der Waals surface area contributed by atoms with Gasteiger partial charge in [0.25, 0.3) is 0 Å². The molecule has 1 heterocycles. The molecule has 8 atom stereocenters. The van der Waals surface area contributed by atoms with Crippen LogP contribution in [0.4, 0.5) is 4.79 Å². The minimum Gasteiger partial charge on any atom is -0.458 e. The third kappa shape index (κ3) is 3.99. The largest absolute Gasteiger partial charge is 0.509 e. The van der Waals surface area contributed by atoms with E-state index in [0.29, 0.717) is 31.2 Å². The molecule has 2 bridgehead atoms. The van der Waals surface area contributed by atoms with Crippen LogP contribution >= 0.6 is 0 Å². The number of aliphatic hydroxyl groups excluding tert-OH is 1. The van der Waals surface area contributed by atoms with Crippen molar-refractivity contribution < 1.29 is 38.4 Å². The van der Waals surface area contributed by atoms with Crippen molar-refractivity contribution in [3.8, 4) is 0 Å². The molecule has 4 aliphatic rings. The van der Waals surface area contributed by atoms with Crippen molar-refractivity contribution in [2.45, 2.75) is 83.4 Å². The Kier molecular flexibility index (Phi) is 6.66. The number of rotatable bonds is 5. The van der Waals surface area contributed by atoms with E-state index in [1.807, 2.05) is 19.9 Å². The fourth-order valence-corrected chi connectivity index (χ4v) is 7.92. The summed E-state index contributed by atoms with van der Waals surface area (Å²) < 4.78 is 29.8. The lowest BCUT2D eigenvalue weighted by atomic mass is 9.47. The van der Waals surface area contributed by atoms with Gasteiger partial charge in [-0.25, -0.2) is 9.59 Å².